The summed E-state index contributed by atoms with van der Waals surface area (Å²) < 4.78 is 15.2. The number of benzene rings is 1. The first-order chi connectivity index (χ1) is 11.0. The van der Waals surface area contributed by atoms with Gasteiger partial charge in [0.05, 0.1) is 24.2 Å². The summed E-state index contributed by atoms with van der Waals surface area (Å²) in [4.78, 5) is 35.5. The number of esters is 1. The molecule has 9 nitrogen and oxygen atoms in total. The molecule has 1 aromatic carbocycles. The van der Waals surface area contributed by atoms with E-state index in [-0.39, 0.29) is 30.2 Å². The number of nitrogens with one attached hydrogen (secondary N) is 1. The number of nitro groups is 1. The molecule has 122 valence electrons. The molecule has 0 unspecified atom stereocenters. The fourth-order valence-corrected chi connectivity index (χ4v) is 2.01. The third-order valence-corrected chi connectivity index (χ3v) is 2.97. The Labute approximate surface area is 129 Å². The molecule has 0 aliphatic rings. The van der Waals surface area contributed by atoms with E-state index in [2.05, 4.69) is 4.98 Å². The van der Waals surface area contributed by atoms with E-state index in [1.54, 1.807) is 6.92 Å². The average Bonchev–Trinajstić information content (AvgIpc) is 2.51. The Balaban J connectivity index is 2.45. The summed E-state index contributed by atoms with van der Waals surface area (Å²) in [6.45, 7) is 1.58. The van der Waals surface area contributed by atoms with Crippen molar-refractivity contribution in [3.63, 3.8) is 0 Å². The van der Waals surface area contributed by atoms with Crippen LogP contribution in [0.25, 0.3) is 10.9 Å². The van der Waals surface area contributed by atoms with Gasteiger partial charge in [-0.2, -0.15) is 0 Å². The van der Waals surface area contributed by atoms with Gasteiger partial charge in [0.1, 0.15) is 0 Å². The summed E-state index contributed by atoms with van der Waals surface area (Å²) in [7, 11) is 1.35. The van der Waals surface area contributed by atoms with Crippen LogP contribution < -0.4 is 15.0 Å². The van der Waals surface area contributed by atoms with E-state index in [4.69, 9.17) is 14.2 Å². The van der Waals surface area contributed by atoms with E-state index in [0.29, 0.717) is 5.39 Å². The van der Waals surface area contributed by atoms with Gasteiger partial charge in [-0.15, -0.1) is 0 Å². The molecule has 0 saturated carbocycles. The average molecular weight is 322 g/mol. The number of carbonyl (C=O) groups excluding carboxylic acids is 1. The lowest BCUT2D eigenvalue weighted by atomic mass is 10.2. The second-order valence-corrected chi connectivity index (χ2v) is 4.40. The van der Waals surface area contributed by atoms with Crippen LogP contribution in [-0.4, -0.2) is 36.2 Å². The summed E-state index contributed by atoms with van der Waals surface area (Å²) in [5, 5.41) is 11.2. The molecule has 9 heteroatoms. The molecule has 0 aliphatic carbocycles. The third kappa shape index (κ3) is 3.39. The van der Waals surface area contributed by atoms with Crippen LogP contribution in [0.5, 0.6) is 11.5 Å². The van der Waals surface area contributed by atoms with E-state index >= 15 is 0 Å². The second-order valence-electron chi connectivity index (χ2n) is 4.40. The number of methoxy groups -OCH3 is 1. The predicted octanol–water partition coefficient (Wildman–Crippen LogP) is 1.39. The highest BCUT2D eigenvalue weighted by atomic mass is 16.6. The molecular weight excluding hydrogens is 308 g/mol. The van der Waals surface area contributed by atoms with Crippen LogP contribution >= 0.6 is 0 Å². The topological polar surface area (TPSA) is 121 Å². The number of rotatable bonds is 6. The summed E-state index contributed by atoms with van der Waals surface area (Å²) in [5.74, 6) is -0.178. The maximum absolute atomic E-state index is 11.7. The van der Waals surface area contributed by atoms with Crippen molar-refractivity contribution in [2.75, 3.05) is 20.3 Å². The minimum atomic E-state index is -0.858. The summed E-state index contributed by atoms with van der Waals surface area (Å²) in [6, 6.07) is 4.15. The number of aromatic nitrogens is 1. The molecule has 2 aromatic rings. The smallest absolute Gasteiger partial charge is 0.344 e. The molecule has 0 saturated heterocycles. The Hall–Kier alpha value is -3.10. The molecule has 23 heavy (non-hydrogen) atoms. The highest BCUT2D eigenvalue weighted by Crippen LogP contribution is 2.34. The lowest BCUT2D eigenvalue weighted by Gasteiger charge is -2.12. The van der Waals surface area contributed by atoms with Crippen molar-refractivity contribution in [2.45, 2.75) is 6.92 Å². The number of pyridine rings is 1. The Morgan fingerprint density at radius 2 is 2.13 bits per heavy atom. The molecule has 0 atom stereocenters. The van der Waals surface area contributed by atoms with Crippen LogP contribution in [0.3, 0.4) is 0 Å². The molecule has 0 bridgehead atoms. The molecule has 2 rings (SSSR count). The largest absolute Gasteiger partial charge is 0.491 e. The second kappa shape index (κ2) is 6.77. The maximum Gasteiger partial charge on any atom is 0.344 e. The zero-order valence-electron chi connectivity index (χ0n) is 12.5. The summed E-state index contributed by atoms with van der Waals surface area (Å²) in [5.41, 5.74) is -1.19. The van der Waals surface area contributed by atoms with E-state index in [1.165, 1.54) is 19.2 Å². The number of fused-ring (bicyclic) bond motifs is 1. The minimum Gasteiger partial charge on any atom is -0.491 e. The van der Waals surface area contributed by atoms with Crippen molar-refractivity contribution >= 4 is 22.6 Å². The number of H-pyrrole nitrogens is 1. The number of hydrogen-bond acceptors (Lipinski definition) is 7. The van der Waals surface area contributed by atoms with Crippen molar-refractivity contribution in [3.05, 3.63) is 38.7 Å². The normalized spacial score (nSPS) is 10.3. The Morgan fingerprint density at radius 1 is 1.39 bits per heavy atom. The number of carbonyl (C=O) groups is 1. The standard InChI is InChI=1S/C14H14N2O7/c1-3-22-11(17)7-23-10-5-4-8-6-9(16(19)20)14(18)15-12(8)13(10)21-2/h4-6H,3,7H2,1-2H3,(H,15,18). The zero-order valence-corrected chi connectivity index (χ0v) is 12.5. The number of aromatic amines is 1. The van der Waals surface area contributed by atoms with E-state index in [0.717, 1.165) is 6.07 Å². The first-order valence-electron chi connectivity index (χ1n) is 6.64. The van der Waals surface area contributed by atoms with Gasteiger partial charge in [-0.25, -0.2) is 4.79 Å². The summed E-state index contributed by atoms with van der Waals surface area (Å²) in [6.07, 6.45) is 0. The molecule has 0 spiro atoms. The van der Waals surface area contributed by atoms with Crippen LogP contribution in [0.4, 0.5) is 5.69 Å². The Kier molecular flexibility index (Phi) is 4.79. The molecule has 0 fully saturated rings. The molecule has 0 amide bonds. The van der Waals surface area contributed by atoms with Crippen molar-refractivity contribution < 1.29 is 23.9 Å². The number of nitrogens with zero attached hydrogens (tertiary/aromatic N) is 1. The lowest BCUT2D eigenvalue weighted by Crippen LogP contribution is -2.15. The van der Waals surface area contributed by atoms with Crippen LogP contribution in [0.15, 0.2) is 23.0 Å². The van der Waals surface area contributed by atoms with Crippen molar-refractivity contribution in [3.8, 4) is 11.5 Å². The van der Waals surface area contributed by atoms with Gasteiger partial charge in [0, 0.05) is 11.5 Å². The van der Waals surface area contributed by atoms with E-state index in [1.807, 2.05) is 0 Å². The van der Waals surface area contributed by atoms with Crippen LogP contribution in [0.2, 0.25) is 0 Å². The molecular formula is C14H14N2O7. The fourth-order valence-electron chi connectivity index (χ4n) is 2.01. The first kappa shape index (κ1) is 16.3. The Bertz CT molecular complexity index is 813. The summed E-state index contributed by atoms with van der Waals surface area (Å²) >= 11 is 0. The van der Waals surface area contributed by atoms with Crippen molar-refractivity contribution in [1.82, 2.24) is 4.98 Å². The van der Waals surface area contributed by atoms with Crippen LogP contribution in [0, 0.1) is 10.1 Å². The van der Waals surface area contributed by atoms with Gasteiger partial charge in [-0.1, -0.05) is 0 Å². The first-order valence-corrected chi connectivity index (χ1v) is 6.64. The van der Waals surface area contributed by atoms with Gasteiger partial charge < -0.3 is 19.2 Å². The van der Waals surface area contributed by atoms with Crippen molar-refractivity contribution in [1.29, 1.82) is 0 Å². The maximum atomic E-state index is 11.7. The lowest BCUT2D eigenvalue weighted by molar-refractivity contribution is -0.386. The zero-order chi connectivity index (χ0) is 17.0. The predicted molar refractivity (Wildman–Crippen MR) is 79.9 cm³/mol. The van der Waals surface area contributed by atoms with Gasteiger partial charge in [0.2, 0.25) is 0 Å². The van der Waals surface area contributed by atoms with Gasteiger partial charge in [0.15, 0.2) is 18.1 Å². The van der Waals surface area contributed by atoms with Gasteiger partial charge in [-0.05, 0) is 19.1 Å². The molecule has 1 N–H and O–H groups in total. The Morgan fingerprint density at radius 3 is 2.74 bits per heavy atom. The molecule has 0 aliphatic heterocycles. The highest BCUT2D eigenvalue weighted by Gasteiger charge is 2.18. The van der Waals surface area contributed by atoms with Crippen LogP contribution in [0.1, 0.15) is 6.92 Å². The van der Waals surface area contributed by atoms with Crippen LogP contribution in [-0.2, 0) is 9.53 Å². The van der Waals surface area contributed by atoms with Gasteiger partial charge >= 0.3 is 17.2 Å². The fraction of sp³-hybridized carbons (Fsp3) is 0.286. The quantitative estimate of drug-likeness (QED) is 0.484. The van der Waals surface area contributed by atoms with Gasteiger partial charge in [-0.3, -0.25) is 14.9 Å². The molecule has 1 aromatic heterocycles. The monoisotopic (exact) mass is 322 g/mol. The third-order valence-electron chi connectivity index (χ3n) is 2.97. The number of ether oxygens (including phenoxy) is 3. The van der Waals surface area contributed by atoms with E-state index in [9.17, 15) is 19.7 Å². The minimum absolute atomic E-state index is 0.166. The van der Waals surface area contributed by atoms with E-state index < -0.39 is 22.1 Å². The SMILES string of the molecule is CCOC(=O)COc1ccc2cc([N+](=O)[O-])c(=O)[nH]c2c1OC. The van der Waals surface area contributed by atoms with Gasteiger partial charge in [0.25, 0.3) is 0 Å². The molecule has 0 radical (unpaired) electrons. The highest BCUT2D eigenvalue weighted by molar-refractivity contribution is 5.88. The number of hydrogen-bond donors (Lipinski definition) is 1. The molecule has 1 heterocycles. The van der Waals surface area contributed by atoms with Crippen molar-refractivity contribution in [2.24, 2.45) is 0 Å².